The highest BCUT2D eigenvalue weighted by atomic mass is 14.5. The molecule has 0 radical (unpaired) electrons. The average Bonchev–Trinajstić information content (AvgIpc) is 2.98. The van der Waals surface area contributed by atoms with Crippen LogP contribution in [0.2, 0.25) is 0 Å². The van der Waals surface area contributed by atoms with Crippen LogP contribution in [0.4, 0.5) is 0 Å². The van der Waals surface area contributed by atoms with Gasteiger partial charge in [0.2, 0.25) is 0 Å². The highest BCUT2D eigenvalue weighted by Crippen LogP contribution is 2.52. The molecule has 0 aliphatic heterocycles. The second-order valence-electron chi connectivity index (χ2n) is 6.27. The summed E-state index contributed by atoms with van der Waals surface area (Å²) in [6, 6.07) is 0. The Morgan fingerprint density at radius 1 is 1.11 bits per heavy atom. The quantitative estimate of drug-likeness (QED) is 0.517. The summed E-state index contributed by atoms with van der Waals surface area (Å²) in [5.74, 6) is 4.31. The van der Waals surface area contributed by atoms with Crippen molar-refractivity contribution in [1.82, 2.24) is 0 Å². The Morgan fingerprint density at radius 3 is 2.11 bits per heavy atom. The lowest BCUT2D eigenvalue weighted by atomic mass is 9.82. The van der Waals surface area contributed by atoms with Crippen molar-refractivity contribution in [3.63, 3.8) is 0 Å². The minimum absolute atomic E-state index is 0.615. The normalized spacial score (nSPS) is 32.3. The lowest BCUT2D eigenvalue weighted by Crippen LogP contribution is -2.11. The molecule has 0 heterocycles. The van der Waals surface area contributed by atoms with Crippen LogP contribution >= 0.6 is 0 Å². The smallest absolute Gasteiger partial charge is 0.00218 e. The van der Waals surface area contributed by atoms with Crippen molar-refractivity contribution in [3.8, 4) is 0 Å². The number of allylic oxidation sites excluding steroid dienone is 4. The Kier molecular flexibility index (Phi) is 5.69. The van der Waals surface area contributed by atoms with Gasteiger partial charge in [0, 0.05) is 0 Å². The maximum Gasteiger partial charge on any atom is -0.00218 e. The molecule has 0 aromatic rings. The molecule has 0 bridgehead atoms. The first kappa shape index (κ1) is 15.5. The summed E-state index contributed by atoms with van der Waals surface area (Å²) in [5, 5.41) is 0. The SMILES string of the molecule is CC=C(C)C(C)C(=CC)C(C)CC1C(C)C1CC. The second kappa shape index (κ2) is 6.59. The summed E-state index contributed by atoms with van der Waals surface area (Å²) < 4.78 is 0. The van der Waals surface area contributed by atoms with E-state index >= 15 is 0 Å². The third kappa shape index (κ3) is 3.28. The Labute approximate surface area is 115 Å². The van der Waals surface area contributed by atoms with Gasteiger partial charge in [-0.25, -0.2) is 0 Å². The van der Waals surface area contributed by atoms with Crippen LogP contribution in [0.3, 0.4) is 0 Å². The average molecular weight is 248 g/mol. The van der Waals surface area contributed by atoms with Crippen molar-refractivity contribution in [2.75, 3.05) is 0 Å². The van der Waals surface area contributed by atoms with Gasteiger partial charge in [-0.05, 0) is 56.8 Å². The van der Waals surface area contributed by atoms with Crippen molar-refractivity contribution in [1.29, 1.82) is 0 Å². The molecular formula is C18H32. The van der Waals surface area contributed by atoms with E-state index in [0.29, 0.717) is 5.92 Å². The first-order valence-electron chi connectivity index (χ1n) is 7.76. The van der Waals surface area contributed by atoms with Gasteiger partial charge in [0.25, 0.3) is 0 Å². The van der Waals surface area contributed by atoms with E-state index in [2.05, 4.69) is 60.6 Å². The van der Waals surface area contributed by atoms with Crippen molar-refractivity contribution in [2.24, 2.45) is 29.6 Å². The van der Waals surface area contributed by atoms with E-state index in [9.17, 15) is 0 Å². The van der Waals surface area contributed by atoms with Crippen LogP contribution in [0.15, 0.2) is 23.3 Å². The fraction of sp³-hybridized carbons (Fsp3) is 0.778. The molecule has 104 valence electrons. The van der Waals surface area contributed by atoms with Gasteiger partial charge >= 0.3 is 0 Å². The van der Waals surface area contributed by atoms with Gasteiger partial charge in [0.1, 0.15) is 0 Å². The fourth-order valence-corrected chi connectivity index (χ4v) is 3.72. The molecule has 18 heavy (non-hydrogen) atoms. The molecule has 0 nitrogen and oxygen atoms in total. The molecule has 0 aromatic carbocycles. The van der Waals surface area contributed by atoms with Crippen molar-refractivity contribution < 1.29 is 0 Å². The van der Waals surface area contributed by atoms with Crippen LogP contribution in [0.5, 0.6) is 0 Å². The zero-order chi connectivity index (χ0) is 13.9. The van der Waals surface area contributed by atoms with Crippen LogP contribution in [-0.2, 0) is 0 Å². The van der Waals surface area contributed by atoms with Crippen molar-refractivity contribution >= 4 is 0 Å². The lowest BCUT2D eigenvalue weighted by Gasteiger charge is -2.23. The molecule has 0 spiro atoms. The molecule has 0 heteroatoms. The Bertz CT molecular complexity index is 321. The predicted octanol–water partition coefficient (Wildman–Crippen LogP) is 5.85. The molecule has 0 N–H and O–H groups in total. The molecule has 0 aromatic heterocycles. The molecule has 1 aliphatic carbocycles. The van der Waals surface area contributed by atoms with E-state index in [1.54, 1.807) is 5.57 Å². The zero-order valence-electron chi connectivity index (χ0n) is 13.5. The van der Waals surface area contributed by atoms with E-state index in [1.807, 2.05) is 0 Å². The minimum Gasteiger partial charge on any atom is -0.0881 e. The Balaban J connectivity index is 2.62. The number of hydrogen-bond donors (Lipinski definition) is 0. The van der Waals surface area contributed by atoms with E-state index in [-0.39, 0.29) is 0 Å². The van der Waals surface area contributed by atoms with E-state index in [0.717, 1.165) is 23.7 Å². The summed E-state index contributed by atoms with van der Waals surface area (Å²) in [5.41, 5.74) is 3.14. The van der Waals surface area contributed by atoms with Gasteiger partial charge in [-0.2, -0.15) is 0 Å². The van der Waals surface area contributed by atoms with E-state index in [1.165, 1.54) is 18.4 Å². The maximum atomic E-state index is 2.43. The van der Waals surface area contributed by atoms with Gasteiger partial charge in [0.05, 0.1) is 0 Å². The molecular weight excluding hydrogens is 216 g/mol. The Hall–Kier alpha value is -0.520. The minimum atomic E-state index is 0.615. The first-order chi connectivity index (χ1) is 8.47. The van der Waals surface area contributed by atoms with E-state index in [4.69, 9.17) is 0 Å². The van der Waals surface area contributed by atoms with Crippen LogP contribution in [0.25, 0.3) is 0 Å². The molecule has 1 rings (SSSR count). The van der Waals surface area contributed by atoms with Gasteiger partial charge in [-0.3, -0.25) is 0 Å². The standard InChI is InChI=1S/C18H32/c1-8-12(4)14(6)16(9-2)13(5)11-18-15(7)17(18)10-3/h8-9,13-15,17-18H,10-11H2,1-7H3. The molecule has 5 unspecified atom stereocenters. The summed E-state index contributed by atoms with van der Waals surface area (Å²) >= 11 is 0. The van der Waals surface area contributed by atoms with Crippen molar-refractivity contribution in [2.45, 2.75) is 61.3 Å². The van der Waals surface area contributed by atoms with Crippen molar-refractivity contribution in [3.05, 3.63) is 23.3 Å². The van der Waals surface area contributed by atoms with Crippen LogP contribution in [0, 0.1) is 29.6 Å². The monoisotopic (exact) mass is 248 g/mol. The highest BCUT2D eigenvalue weighted by molar-refractivity contribution is 5.20. The fourth-order valence-electron chi connectivity index (χ4n) is 3.72. The summed E-state index contributed by atoms with van der Waals surface area (Å²) in [6.07, 6.45) is 7.37. The maximum absolute atomic E-state index is 2.43. The van der Waals surface area contributed by atoms with Gasteiger partial charge in [-0.15, -0.1) is 0 Å². The molecule has 5 atom stereocenters. The Morgan fingerprint density at radius 2 is 1.72 bits per heavy atom. The summed E-state index contributed by atoms with van der Waals surface area (Å²) in [6.45, 7) is 16.2. The second-order valence-corrected chi connectivity index (χ2v) is 6.27. The lowest BCUT2D eigenvalue weighted by molar-refractivity contribution is 0.489. The van der Waals surface area contributed by atoms with E-state index < -0.39 is 0 Å². The van der Waals surface area contributed by atoms with Gasteiger partial charge in [0.15, 0.2) is 0 Å². The van der Waals surface area contributed by atoms with Gasteiger partial charge < -0.3 is 0 Å². The zero-order valence-corrected chi connectivity index (χ0v) is 13.5. The highest BCUT2D eigenvalue weighted by Gasteiger charge is 2.45. The third-order valence-corrected chi connectivity index (χ3v) is 5.40. The summed E-state index contributed by atoms with van der Waals surface area (Å²) in [4.78, 5) is 0. The first-order valence-corrected chi connectivity index (χ1v) is 7.76. The molecule has 1 aliphatic rings. The molecule has 0 saturated heterocycles. The van der Waals surface area contributed by atoms with Crippen LogP contribution in [0.1, 0.15) is 61.3 Å². The van der Waals surface area contributed by atoms with Crippen LogP contribution < -0.4 is 0 Å². The largest absolute Gasteiger partial charge is 0.0881 e. The third-order valence-electron chi connectivity index (χ3n) is 5.40. The number of hydrogen-bond acceptors (Lipinski definition) is 0. The van der Waals surface area contributed by atoms with Gasteiger partial charge in [-0.1, -0.05) is 57.4 Å². The molecule has 0 amide bonds. The van der Waals surface area contributed by atoms with Crippen LogP contribution in [-0.4, -0.2) is 0 Å². The summed E-state index contributed by atoms with van der Waals surface area (Å²) in [7, 11) is 0. The number of rotatable bonds is 6. The topological polar surface area (TPSA) is 0 Å². The predicted molar refractivity (Wildman–Crippen MR) is 82.6 cm³/mol. The molecule has 1 saturated carbocycles. The molecule has 1 fully saturated rings.